The third kappa shape index (κ3) is 2.71. The van der Waals surface area contributed by atoms with E-state index < -0.39 is 0 Å². The molecule has 0 bridgehead atoms. The molecule has 0 aliphatic carbocycles. The van der Waals surface area contributed by atoms with E-state index in [2.05, 4.69) is 10.7 Å². The Morgan fingerprint density at radius 2 is 2.11 bits per heavy atom. The van der Waals surface area contributed by atoms with E-state index in [1.807, 2.05) is 49.8 Å². The van der Waals surface area contributed by atoms with Crippen LogP contribution in [0.4, 0.5) is 5.69 Å². The molecule has 0 saturated heterocycles. The average Bonchev–Trinajstić information content (AvgIpc) is 2.90. The fourth-order valence-electron chi connectivity index (χ4n) is 1.82. The summed E-state index contributed by atoms with van der Waals surface area (Å²) in [4.78, 5) is 14.1. The summed E-state index contributed by atoms with van der Waals surface area (Å²) in [6.07, 6.45) is 0. The Hall–Kier alpha value is -1.81. The van der Waals surface area contributed by atoms with E-state index in [4.69, 9.17) is 0 Å². The first-order valence-corrected chi connectivity index (χ1v) is 6.70. The van der Waals surface area contributed by atoms with E-state index in [9.17, 15) is 4.79 Å². The van der Waals surface area contributed by atoms with Crippen molar-refractivity contribution in [1.29, 1.82) is 0 Å². The number of nitrogens with zero attached hydrogens (tertiary/aromatic N) is 1. The van der Waals surface area contributed by atoms with Crippen molar-refractivity contribution in [2.45, 2.75) is 6.54 Å². The number of hydrogen-bond donors (Lipinski definition) is 1. The summed E-state index contributed by atoms with van der Waals surface area (Å²) >= 11 is 1.65. The molecule has 0 radical (unpaired) electrons. The Kier molecular flexibility index (Phi) is 3.99. The number of benzene rings is 1. The number of anilines is 1. The largest absolute Gasteiger partial charge is 0.387 e. The first-order valence-electron chi connectivity index (χ1n) is 5.75. The van der Waals surface area contributed by atoms with Gasteiger partial charge >= 0.3 is 0 Å². The number of carbonyl (C=O) groups is 1. The highest BCUT2D eigenvalue weighted by molar-refractivity contribution is 7.07. The molecule has 3 nitrogen and oxygen atoms in total. The minimum absolute atomic E-state index is 0.0335. The molecule has 0 spiro atoms. The SMILES string of the molecule is CNc1ccccc1C(=O)N(C)Cc1ccsc1. The van der Waals surface area contributed by atoms with Crippen molar-refractivity contribution in [1.82, 2.24) is 4.90 Å². The van der Waals surface area contributed by atoms with Gasteiger partial charge in [-0.15, -0.1) is 0 Å². The number of carbonyl (C=O) groups excluding carboxylic acids is 1. The van der Waals surface area contributed by atoms with Crippen LogP contribution in [0.3, 0.4) is 0 Å². The normalized spacial score (nSPS) is 10.1. The van der Waals surface area contributed by atoms with Gasteiger partial charge in [0.25, 0.3) is 5.91 Å². The standard InChI is InChI=1S/C14H16N2OS/c1-15-13-6-4-3-5-12(13)14(17)16(2)9-11-7-8-18-10-11/h3-8,10,15H,9H2,1-2H3. The fourth-order valence-corrected chi connectivity index (χ4v) is 2.48. The highest BCUT2D eigenvalue weighted by Crippen LogP contribution is 2.17. The molecule has 0 unspecified atom stereocenters. The number of nitrogens with one attached hydrogen (secondary N) is 1. The van der Waals surface area contributed by atoms with Crippen LogP contribution in [0, 0.1) is 0 Å². The van der Waals surface area contributed by atoms with Crippen molar-refractivity contribution < 1.29 is 4.79 Å². The van der Waals surface area contributed by atoms with Crippen molar-refractivity contribution in [3.05, 3.63) is 52.2 Å². The molecule has 0 saturated carbocycles. The van der Waals surface area contributed by atoms with Gasteiger partial charge in [-0.3, -0.25) is 4.79 Å². The summed E-state index contributed by atoms with van der Waals surface area (Å²) in [6, 6.07) is 9.59. The summed E-state index contributed by atoms with van der Waals surface area (Å²) in [5, 5.41) is 7.13. The zero-order chi connectivity index (χ0) is 13.0. The van der Waals surface area contributed by atoms with Gasteiger partial charge in [-0.25, -0.2) is 0 Å². The van der Waals surface area contributed by atoms with Crippen molar-refractivity contribution in [2.75, 3.05) is 19.4 Å². The summed E-state index contributed by atoms with van der Waals surface area (Å²) in [5.74, 6) is 0.0335. The van der Waals surface area contributed by atoms with E-state index in [1.54, 1.807) is 16.2 Å². The molecule has 1 heterocycles. The summed E-state index contributed by atoms with van der Waals surface area (Å²) < 4.78 is 0. The first kappa shape index (κ1) is 12.6. The van der Waals surface area contributed by atoms with E-state index in [0.29, 0.717) is 12.1 Å². The molecule has 4 heteroatoms. The molecule has 0 fully saturated rings. The Bertz CT molecular complexity index is 522. The topological polar surface area (TPSA) is 32.3 Å². The van der Waals surface area contributed by atoms with Crippen molar-refractivity contribution in [2.24, 2.45) is 0 Å². The Morgan fingerprint density at radius 1 is 1.33 bits per heavy atom. The maximum absolute atomic E-state index is 12.3. The molecule has 1 aromatic heterocycles. The predicted octanol–water partition coefficient (Wildman–Crippen LogP) is 3.06. The second-order valence-electron chi connectivity index (χ2n) is 4.09. The highest BCUT2D eigenvalue weighted by Gasteiger charge is 2.15. The maximum atomic E-state index is 12.3. The van der Waals surface area contributed by atoms with E-state index in [1.165, 1.54) is 0 Å². The smallest absolute Gasteiger partial charge is 0.255 e. The summed E-state index contributed by atoms with van der Waals surface area (Å²) in [5.41, 5.74) is 2.73. The van der Waals surface area contributed by atoms with Gasteiger partial charge < -0.3 is 10.2 Å². The molecule has 94 valence electrons. The molecular weight excluding hydrogens is 244 g/mol. The number of thiophene rings is 1. The van der Waals surface area contributed by atoms with Gasteiger partial charge in [0.15, 0.2) is 0 Å². The molecule has 0 aliphatic rings. The molecule has 0 aliphatic heterocycles. The molecule has 1 amide bonds. The number of hydrogen-bond acceptors (Lipinski definition) is 3. The molecule has 0 atom stereocenters. The average molecular weight is 260 g/mol. The first-order chi connectivity index (χ1) is 8.72. The number of para-hydroxylation sites is 1. The van der Waals surface area contributed by atoms with Gasteiger partial charge in [0.05, 0.1) is 5.56 Å². The van der Waals surface area contributed by atoms with Crippen molar-refractivity contribution in [3.63, 3.8) is 0 Å². The van der Waals surface area contributed by atoms with Gasteiger partial charge in [0.2, 0.25) is 0 Å². The van der Waals surface area contributed by atoms with Crippen LogP contribution in [0.1, 0.15) is 15.9 Å². The molecule has 2 rings (SSSR count). The van der Waals surface area contributed by atoms with Crippen LogP contribution in [-0.4, -0.2) is 24.9 Å². The van der Waals surface area contributed by atoms with Crippen LogP contribution in [0.25, 0.3) is 0 Å². The van der Waals surface area contributed by atoms with Crippen LogP contribution in [0.15, 0.2) is 41.1 Å². The van der Waals surface area contributed by atoms with Crippen LogP contribution in [0.2, 0.25) is 0 Å². The maximum Gasteiger partial charge on any atom is 0.255 e. The van der Waals surface area contributed by atoms with Crippen LogP contribution >= 0.6 is 11.3 Å². The molecule has 18 heavy (non-hydrogen) atoms. The lowest BCUT2D eigenvalue weighted by Gasteiger charge is -2.18. The molecule has 1 aromatic carbocycles. The third-order valence-electron chi connectivity index (χ3n) is 2.77. The van der Waals surface area contributed by atoms with Crippen molar-refractivity contribution in [3.8, 4) is 0 Å². The Labute approximate surface area is 111 Å². The second kappa shape index (κ2) is 5.69. The molecule has 1 N–H and O–H groups in total. The molecular formula is C14H16N2OS. The fraction of sp³-hybridized carbons (Fsp3) is 0.214. The van der Waals surface area contributed by atoms with Crippen LogP contribution < -0.4 is 5.32 Å². The zero-order valence-corrected chi connectivity index (χ0v) is 11.3. The van der Waals surface area contributed by atoms with E-state index in [-0.39, 0.29) is 5.91 Å². The Morgan fingerprint density at radius 3 is 2.78 bits per heavy atom. The zero-order valence-electron chi connectivity index (χ0n) is 10.5. The monoisotopic (exact) mass is 260 g/mol. The summed E-state index contributed by atoms with van der Waals surface area (Å²) in [6.45, 7) is 0.639. The lowest BCUT2D eigenvalue weighted by molar-refractivity contribution is 0.0786. The number of amides is 1. The van der Waals surface area contributed by atoms with Gasteiger partial charge in [-0.1, -0.05) is 12.1 Å². The van der Waals surface area contributed by atoms with Gasteiger partial charge in [-0.2, -0.15) is 11.3 Å². The highest BCUT2D eigenvalue weighted by atomic mass is 32.1. The minimum Gasteiger partial charge on any atom is -0.387 e. The minimum atomic E-state index is 0.0335. The number of rotatable bonds is 4. The van der Waals surface area contributed by atoms with Gasteiger partial charge in [-0.05, 0) is 34.5 Å². The molecule has 2 aromatic rings. The van der Waals surface area contributed by atoms with Gasteiger partial charge in [0.1, 0.15) is 0 Å². The van der Waals surface area contributed by atoms with E-state index in [0.717, 1.165) is 11.3 Å². The quantitative estimate of drug-likeness (QED) is 0.916. The Balaban J connectivity index is 2.15. The van der Waals surface area contributed by atoms with E-state index >= 15 is 0 Å². The second-order valence-corrected chi connectivity index (χ2v) is 4.87. The van der Waals surface area contributed by atoms with Gasteiger partial charge in [0, 0.05) is 26.3 Å². The summed E-state index contributed by atoms with van der Waals surface area (Å²) in [7, 11) is 3.65. The van der Waals surface area contributed by atoms with Crippen molar-refractivity contribution >= 4 is 22.9 Å². The predicted molar refractivity (Wildman–Crippen MR) is 76.1 cm³/mol. The third-order valence-corrected chi connectivity index (χ3v) is 3.51. The lowest BCUT2D eigenvalue weighted by atomic mass is 10.1. The van der Waals surface area contributed by atoms with Crippen LogP contribution in [0.5, 0.6) is 0 Å². The lowest BCUT2D eigenvalue weighted by Crippen LogP contribution is -2.26. The van der Waals surface area contributed by atoms with Crippen LogP contribution in [-0.2, 0) is 6.54 Å².